The molecule has 1 atom stereocenters. The van der Waals surface area contributed by atoms with Crippen LogP contribution in [0.5, 0.6) is 0 Å². The maximum atomic E-state index is 13.2. The molecule has 6 heteroatoms. The Labute approximate surface area is 101 Å². The summed E-state index contributed by atoms with van der Waals surface area (Å²) in [5.74, 6) is 0.0259. The molecule has 1 aromatic rings. The van der Waals surface area contributed by atoms with Gasteiger partial charge in [0.1, 0.15) is 5.82 Å². The standard InChI is InChI=1S/C11H11F4NS/c12-9-5-7(10-16-2-1-3-17-10)4-8(6-9)11(13,14)15/h4-6,10,16H,1-3H2. The summed E-state index contributed by atoms with van der Waals surface area (Å²) in [6.45, 7) is 0.746. The summed E-state index contributed by atoms with van der Waals surface area (Å²) in [5.41, 5.74) is -0.581. The molecule has 17 heavy (non-hydrogen) atoms. The summed E-state index contributed by atoms with van der Waals surface area (Å²) in [6.07, 6.45) is -3.53. The fourth-order valence-electron chi connectivity index (χ4n) is 1.71. The lowest BCUT2D eigenvalue weighted by molar-refractivity contribution is -0.137. The summed E-state index contributed by atoms with van der Waals surface area (Å²) in [5, 5.41) is 2.82. The molecular weight excluding hydrogens is 254 g/mol. The Morgan fingerprint density at radius 1 is 1.24 bits per heavy atom. The van der Waals surface area contributed by atoms with Crippen molar-refractivity contribution >= 4 is 11.8 Å². The highest BCUT2D eigenvalue weighted by molar-refractivity contribution is 7.99. The predicted molar refractivity (Wildman–Crippen MR) is 59.2 cm³/mol. The van der Waals surface area contributed by atoms with Crippen LogP contribution >= 0.6 is 11.8 Å². The van der Waals surface area contributed by atoms with E-state index in [0.29, 0.717) is 11.6 Å². The van der Waals surface area contributed by atoms with E-state index in [0.717, 1.165) is 30.9 Å². The summed E-state index contributed by atoms with van der Waals surface area (Å²) in [4.78, 5) is 0. The Balaban J connectivity index is 2.31. The molecule has 1 unspecified atom stereocenters. The van der Waals surface area contributed by atoms with Gasteiger partial charge in [-0.25, -0.2) is 4.39 Å². The number of rotatable bonds is 1. The summed E-state index contributed by atoms with van der Waals surface area (Å²) < 4.78 is 50.7. The second kappa shape index (κ2) is 4.86. The van der Waals surface area contributed by atoms with Gasteiger partial charge in [-0.3, -0.25) is 0 Å². The largest absolute Gasteiger partial charge is 0.416 e. The van der Waals surface area contributed by atoms with Crippen LogP contribution in [0, 0.1) is 5.82 Å². The fraction of sp³-hybridized carbons (Fsp3) is 0.455. The van der Waals surface area contributed by atoms with Gasteiger partial charge in [0, 0.05) is 0 Å². The van der Waals surface area contributed by atoms with Crippen molar-refractivity contribution in [3.05, 3.63) is 35.1 Å². The fourth-order valence-corrected chi connectivity index (χ4v) is 2.82. The molecule has 0 bridgehead atoms. The molecule has 1 nitrogen and oxygen atoms in total. The Kier molecular flexibility index (Phi) is 3.63. The lowest BCUT2D eigenvalue weighted by Gasteiger charge is -2.24. The number of hydrogen-bond acceptors (Lipinski definition) is 2. The SMILES string of the molecule is Fc1cc(C2NCCCS2)cc(C(F)(F)F)c1. The Hall–Kier alpha value is -0.750. The number of nitrogens with one attached hydrogen (secondary N) is 1. The minimum atomic E-state index is -4.50. The van der Waals surface area contributed by atoms with E-state index in [1.54, 1.807) is 0 Å². The van der Waals surface area contributed by atoms with Crippen molar-refractivity contribution in [1.82, 2.24) is 5.32 Å². The molecule has 1 N–H and O–H groups in total. The molecular formula is C11H11F4NS. The van der Waals surface area contributed by atoms with Gasteiger partial charge in [-0.05, 0) is 42.5 Å². The third-order valence-corrected chi connectivity index (χ3v) is 3.78. The molecule has 0 radical (unpaired) electrons. The molecule has 1 fully saturated rings. The minimum Gasteiger partial charge on any atom is -0.302 e. The van der Waals surface area contributed by atoms with Crippen LogP contribution in [0.1, 0.15) is 22.9 Å². The van der Waals surface area contributed by atoms with Crippen molar-refractivity contribution in [2.45, 2.75) is 18.0 Å². The first-order valence-electron chi connectivity index (χ1n) is 5.19. The summed E-state index contributed by atoms with van der Waals surface area (Å²) in [6, 6.07) is 2.70. The van der Waals surface area contributed by atoms with Crippen molar-refractivity contribution in [2.24, 2.45) is 0 Å². The van der Waals surface area contributed by atoms with Crippen LogP contribution < -0.4 is 5.32 Å². The van der Waals surface area contributed by atoms with Crippen LogP contribution in [-0.2, 0) is 6.18 Å². The van der Waals surface area contributed by atoms with Crippen molar-refractivity contribution in [1.29, 1.82) is 0 Å². The maximum absolute atomic E-state index is 13.2. The smallest absolute Gasteiger partial charge is 0.302 e. The highest BCUT2D eigenvalue weighted by atomic mass is 32.2. The van der Waals surface area contributed by atoms with E-state index < -0.39 is 17.6 Å². The van der Waals surface area contributed by atoms with Crippen molar-refractivity contribution in [2.75, 3.05) is 12.3 Å². The monoisotopic (exact) mass is 265 g/mol. The van der Waals surface area contributed by atoms with E-state index in [1.807, 2.05) is 0 Å². The van der Waals surface area contributed by atoms with Gasteiger partial charge in [-0.15, -0.1) is 11.8 Å². The summed E-state index contributed by atoms with van der Waals surface area (Å²) >= 11 is 1.50. The first-order chi connectivity index (χ1) is 7.97. The van der Waals surface area contributed by atoms with Gasteiger partial charge in [0.25, 0.3) is 0 Å². The zero-order valence-electron chi connectivity index (χ0n) is 8.85. The molecule has 1 aliphatic heterocycles. The number of halogens is 4. The molecule has 1 saturated heterocycles. The zero-order valence-corrected chi connectivity index (χ0v) is 9.67. The molecule has 0 spiro atoms. The van der Waals surface area contributed by atoms with Crippen LogP contribution in [-0.4, -0.2) is 12.3 Å². The topological polar surface area (TPSA) is 12.0 Å². The number of alkyl halides is 3. The average molecular weight is 265 g/mol. The van der Waals surface area contributed by atoms with E-state index in [2.05, 4.69) is 5.32 Å². The van der Waals surface area contributed by atoms with E-state index in [-0.39, 0.29) is 5.37 Å². The molecule has 0 amide bonds. The van der Waals surface area contributed by atoms with E-state index in [9.17, 15) is 17.6 Å². The number of thioether (sulfide) groups is 1. The average Bonchev–Trinajstić information content (AvgIpc) is 2.28. The van der Waals surface area contributed by atoms with Crippen LogP contribution in [0.15, 0.2) is 18.2 Å². The van der Waals surface area contributed by atoms with Crippen molar-refractivity contribution in [3.63, 3.8) is 0 Å². The van der Waals surface area contributed by atoms with Crippen LogP contribution in [0.4, 0.5) is 17.6 Å². The van der Waals surface area contributed by atoms with Crippen LogP contribution in [0.25, 0.3) is 0 Å². The van der Waals surface area contributed by atoms with Crippen molar-refractivity contribution < 1.29 is 17.6 Å². The van der Waals surface area contributed by atoms with E-state index in [1.165, 1.54) is 11.8 Å². The molecule has 94 valence electrons. The second-order valence-corrected chi connectivity index (χ2v) is 5.04. The van der Waals surface area contributed by atoms with Gasteiger partial charge in [-0.2, -0.15) is 13.2 Å². The first-order valence-corrected chi connectivity index (χ1v) is 6.24. The van der Waals surface area contributed by atoms with Gasteiger partial charge in [0.15, 0.2) is 0 Å². The van der Waals surface area contributed by atoms with Crippen LogP contribution in [0.2, 0.25) is 0 Å². The lowest BCUT2D eigenvalue weighted by atomic mass is 10.1. The molecule has 0 aromatic heterocycles. The van der Waals surface area contributed by atoms with E-state index in [4.69, 9.17) is 0 Å². The van der Waals surface area contributed by atoms with Gasteiger partial charge in [0.05, 0.1) is 10.9 Å². The highest BCUT2D eigenvalue weighted by Crippen LogP contribution is 2.35. The first kappa shape index (κ1) is 12.7. The number of benzene rings is 1. The molecule has 1 aromatic carbocycles. The third kappa shape index (κ3) is 3.13. The Bertz CT molecular complexity index is 399. The van der Waals surface area contributed by atoms with Gasteiger partial charge in [0.2, 0.25) is 0 Å². The minimum absolute atomic E-state index is 0.249. The Morgan fingerprint density at radius 2 is 2.00 bits per heavy atom. The quantitative estimate of drug-likeness (QED) is 0.779. The van der Waals surface area contributed by atoms with Gasteiger partial charge < -0.3 is 5.32 Å². The molecule has 0 aliphatic carbocycles. The maximum Gasteiger partial charge on any atom is 0.416 e. The molecule has 1 heterocycles. The lowest BCUT2D eigenvalue weighted by Crippen LogP contribution is -2.25. The van der Waals surface area contributed by atoms with E-state index >= 15 is 0 Å². The summed E-state index contributed by atoms with van der Waals surface area (Å²) in [7, 11) is 0. The van der Waals surface area contributed by atoms with Gasteiger partial charge >= 0.3 is 6.18 Å². The van der Waals surface area contributed by atoms with Crippen LogP contribution in [0.3, 0.4) is 0 Å². The molecule has 1 aliphatic rings. The zero-order chi connectivity index (χ0) is 12.5. The highest BCUT2D eigenvalue weighted by Gasteiger charge is 2.32. The Morgan fingerprint density at radius 3 is 2.59 bits per heavy atom. The second-order valence-electron chi connectivity index (χ2n) is 3.83. The predicted octanol–water partition coefficient (Wildman–Crippen LogP) is 3.57. The molecule has 2 rings (SSSR count). The third-order valence-electron chi connectivity index (χ3n) is 2.49. The van der Waals surface area contributed by atoms with Crippen molar-refractivity contribution in [3.8, 4) is 0 Å². The normalized spacial score (nSPS) is 21.5. The van der Waals surface area contributed by atoms with Gasteiger partial charge in [-0.1, -0.05) is 0 Å². The number of hydrogen-bond donors (Lipinski definition) is 1. The molecule has 0 saturated carbocycles.